The van der Waals surface area contributed by atoms with Gasteiger partial charge >= 0.3 is 0 Å². The molecule has 1 saturated heterocycles. The van der Waals surface area contributed by atoms with E-state index in [1.807, 2.05) is 25.3 Å². The summed E-state index contributed by atoms with van der Waals surface area (Å²) in [5, 5.41) is 7.51. The molecule has 0 radical (unpaired) electrons. The van der Waals surface area contributed by atoms with E-state index in [0.717, 1.165) is 30.9 Å². The Kier molecular flexibility index (Phi) is 4.38. The summed E-state index contributed by atoms with van der Waals surface area (Å²) in [6.07, 6.45) is 4.18. The second-order valence-electron chi connectivity index (χ2n) is 6.13. The molecule has 1 aliphatic rings. The van der Waals surface area contributed by atoms with Gasteiger partial charge in [0.15, 0.2) is 5.82 Å². The minimum Gasteiger partial charge on any atom is -0.354 e. The van der Waals surface area contributed by atoms with Crippen molar-refractivity contribution in [2.75, 3.05) is 18.0 Å². The van der Waals surface area contributed by atoms with Crippen LogP contribution < -0.4 is 10.2 Å². The number of nitrogens with zero attached hydrogens (tertiary/aromatic N) is 4. The molecule has 2 aromatic rings. The maximum Gasteiger partial charge on any atom is 0.261 e. The van der Waals surface area contributed by atoms with Gasteiger partial charge in [-0.2, -0.15) is 4.98 Å². The fourth-order valence-electron chi connectivity index (χ4n) is 3.00. The quantitative estimate of drug-likeness (QED) is 0.935. The van der Waals surface area contributed by atoms with E-state index >= 15 is 0 Å². The molecule has 1 N–H and O–H groups in total. The zero-order chi connectivity index (χ0) is 15.5. The van der Waals surface area contributed by atoms with Gasteiger partial charge in [0.2, 0.25) is 0 Å². The van der Waals surface area contributed by atoms with Crippen molar-refractivity contribution in [3.63, 3.8) is 0 Å². The summed E-state index contributed by atoms with van der Waals surface area (Å²) in [4.78, 5) is 11.2. The molecule has 1 fully saturated rings. The van der Waals surface area contributed by atoms with Gasteiger partial charge in [-0.05, 0) is 31.9 Å². The summed E-state index contributed by atoms with van der Waals surface area (Å²) in [7, 11) is 0. The van der Waals surface area contributed by atoms with Gasteiger partial charge in [-0.15, -0.1) is 0 Å². The van der Waals surface area contributed by atoms with Crippen LogP contribution in [0.1, 0.15) is 32.5 Å². The van der Waals surface area contributed by atoms with Gasteiger partial charge in [0.25, 0.3) is 5.89 Å². The fraction of sp³-hybridized carbons (Fsp3) is 0.562. The lowest BCUT2D eigenvalue weighted by Gasteiger charge is -2.35. The third-order valence-electron chi connectivity index (χ3n) is 3.83. The van der Waals surface area contributed by atoms with E-state index in [4.69, 9.17) is 4.52 Å². The molecule has 22 heavy (non-hydrogen) atoms. The van der Waals surface area contributed by atoms with Crippen LogP contribution in [0.15, 0.2) is 22.9 Å². The zero-order valence-electron chi connectivity index (χ0n) is 13.4. The van der Waals surface area contributed by atoms with Gasteiger partial charge in [0, 0.05) is 31.4 Å². The Labute approximate surface area is 130 Å². The topological polar surface area (TPSA) is 67.1 Å². The molecule has 118 valence electrons. The van der Waals surface area contributed by atoms with E-state index in [0.29, 0.717) is 23.8 Å². The number of anilines is 1. The van der Waals surface area contributed by atoms with Crippen LogP contribution in [0.5, 0.6) is 0 Å². The Hall–Kier alpha value is -1.95. The van der Waals surface area contributed by atoms with Crippen LogP contribution in [0.2, 0.25) is 0 Å². The molecule has 0 saturated carbocycles. The van der Waals surface area contributed by atoms with Crippen molar-refractivity contribution in [1.82, 2.24) is 20.4 Å². The van der Waals surface area contributed by atoms with E-state index in [1.165, 1.54) is 6.42 Å². The molecule has 6 heteroatoms. The molecule has 0 aliphatic carbocycles. The molecule has 0 bridgehead atoms. The first-order chi connectivity index (χ1) is 10.6. The zero-order valence-corrected chi connectivity index (χ0v) is 13.4. The summed E-state index contributed by atoms with van der Waals surface area (Å²) in [6, 6.07) is 4.89. The van der Waals surface area contributed by atoms with Crippen molar-refractivity contribution in [1.29, 1.82) is 0 Å². The molecule has 0 amide bonds. The molecule has 6 nitrogen and oxygen atoms in total. The van der Waals surface area contributed by atoms with Gasteiger partial charge in [0.1, 0.15) is 5.82 Å². The molecular weight excluding hydrogens is 278 g/mol. The molecule has 0 spiro atoms. The number of aryl methyl sites for hydroxylation is 1. The number of hydrogen-bond donors (Lipinski definition) is 1. The second-order valence-corrected chi connectivity index (χ2v) is 6.13. The highest BCUT2D eigenvalue weighted by Crippen LogP contribution is 2.29. The third-order valence-corrected chi connectivity index (χ3v) is 3.83. The Morgan fingerprint density at radius 1 is 1.41 bits per heavy atom. The summed E-state index contributed by atoms with van der Waals surface area (Å²) >= 11 is 0. The summed E-state index contributed by atoms with van der Waals surface area (Å²) < 4.78 is 5.33. The van der Waals surface area contributed by atoms with Gasteiger partial charge in [-0.25, -0.2) is 4.98 Å². The predicted octanol–water partition coefficient (Wildman–Crippen LogP) is 2.41. The van der Waals surface area contributed by atoms with E-state index in [1.54, 1.807) is 0 Å². The predicted molar refractivity (Wildman–Crippen MR) is 85.8 cm³/mol. The lowest BCUT2D eigenvalue weighted by molar-refractivity contribution is 0.393. The highest BCUT2D eigenvalue weighted by Gasteiger charge is 2.24. The van der Waals surface area contributed by atoms with Crippen molar-refractivity contribution < 1.29 is 4.52 Å². The van der Waals surface area contributed by atoms with Gasteiger partial charge in [-0.3, -0.25) is 0 Å². The normalized spacial score (nSPS) is 18.9. The standard InChI is InChI=1S/C16H23N5O/c1-11(2)18-13-6-5-9-21(10-13)15-14(7-4-8-17-15)16-19-12(3)20-22-16/h4,7-8,11,13,18H,5-6,9-10H2,1-3H3. The lowest BCUT2D eigenvalue weighted by Crippen LogP contribution is -2.48. The molecule has 2 aromatic heterocycles. The minimum absolute atomic E-state index is 0.492. The summed E-state index contributed by atoms with van der Waals surface area (Å²) in [5.74, 6) is 2.11. The molecule has 3 heterocycles. The Morgan fingerprint density at radius 2 is 2.27 bits per heavy atom. The maximum absolute atomic E-state index is 5.33. The first-order valence-electron chi connectivity index (χ1n) is 7.90. The number of aromatic nitrogens is 3. The van der Waals surface area contributed by atoms with Crippen molar-refractivity contribution in [2.45, 2.75) is 45.7 Å². The van der Waals surface area contributed by atoms with Crippen LogP contribution >= 0.6 is 0 Å². The van der Waals surface area contributed by atoms with E-state index in [-0.39, 0.29) is 0 Å². The molecule has 3 rings (SSSR count). The second kappa shape index (κ2) is 6.44. The third kappa shape index (κ3) is 3.27. The van der Waals surface area contributed by atoms with Crippen LogP contribution in [0, 0.1) is 6.92 Å². The van der Waals surface area contributed by atoms with Crippen molar-refractivity contribution >= 4 is 5.82 Å². The molecule has 0 aromatic carbocycles. The first-order valence-corrected chi connectivity index (χ1v) is 7.90. The Balaban J connectivity index is 1.85. The van der Waals surface area contributed by atoms with Crippen molar-refractivity contribution in [3.8, 4) is 11.5 Å². The van der Waals surface area contributed by atoms with E-state index in [9.17, 15) is 0 Å². The lowest BCUT2D eigenvalue weighted by atomic mass is 10.0. The molecular formula is C16H23N5O. The van der Waals surface area contributed by atoms with Crippen molar-refractivity contribution in [3.05, 3.63) is 24.2 Å². The van der Waals surface area contributed by atoms with Gasteiger partial charge in [0.05, 0.1) is 5.56 Å². The summed E-state index contributed by atoms with van der Waals surface area (Å²) in [6.45, 7) is 8.16. The molecule has 1 unspecified atom stereocenters. The number of rotatable bonds is 4. The first kappa shape index (κ1) is 15.0. The highest BCUT2D eigenvalue weighted by atomic mass is 16.5. The van der Waals surface area contributed by atoms with Crippen LogP contribution in [-0.4, -0.2) is 40.3 Å². The maximum atomic E-state index is 5.33. The molecule has 1 aliphatic heterocycles. The SMILES string of the molecule is Cc1noc(-c2cccnc2N2CCCC(NC(C)C)C2)n1. The van der Waals surface area contributed by atoms with Crippen LogP contribution in [0.3, 0.4) is 0 Å². The van der Waals surface area contributed by atoms with Crippen molar-refractivity contribution in [2.24, 2.45) is 0 Å². The largest absolute Gasteiger partial charge is 0.354 e. The Bertz CT molecular complexity index is 625. The Morgan fingerprint density at radius 3 is 3.00 bits per heavy atom. The average Bonchev–Trinajstić information content (AvgIpc) is 2.93. The van der Waals surface area contributed by atoms with E-state index < -0.39 is 0 Å². The highest BCUT2D eigenvalue weighted by molar-refractivity contribution is 5.69. The molecule has 1 atom stereocenters. The smallest absolute Gasteiger partial charge is 0.261 e. The number of pyridine rings is 1. The number of hydrogen-bond acceptors (Lipinski definition) is 6. The van der Waals surface area contributed by atoms with Crippen LogP contribution in [0.4, 0.5) is 5.82 Å². The average molecular weight is 301 g/mol. The summed E-state index contributed by atoms with van der Waals surface area (Å²) in [5.41, 5.74) is 0.910. The van der Waals surface area contributed by atoms with Crippen LogP contribution in [0.25, 0.3) is 11.5 Å². The van der Waals surface area contributed by atoms with E-state index in [2.05, 4.69) is 39.2 Å². The van der Waals surface area contributed by atoms with Gasteiger partial charge < -0.3 is 14.7 Å². The van der Waals surface area contributed by atoms with Gasteiger partial charge in [-0.1, -0.05) is 19.0 Å². The van der Waals surface area contributed by atoms with Crippen LogP contribution in [-0.2, 0) is 0 Å². The minimum atomic E-state index is 0.492. The fourth-order valence-corrected chi connectivity index (χ4v) is 3.00. The monoisotopic (exact) mass is 301 g/mol. The number of piperidine rings is 1. The number of nitrogens with one attached hydrogen (secondary N) is 1.